The molecule has 1 unspecified atom stereocenters. The van der Waals surface area contributed by atoms with Gasteiger partial charge in [0.05, 0.1) is 11.7 Å². The zero-order valence-corrected chi connectivity index (χ0v) is 13.6. The number of ether oxygens (including phenoxy) is 2. The molecular formula is C17H30O3. The lowest BCUT2D eigenvalue weighted by molar-refractivity contribution is -0.157. The summed E-state index contributed by atoms with van der Waals surface area (Å²) in [5, 5.41) is 8.70. The number of aliphatic hydroxyl groups is 1. The van der Waals surface area contributed by atoms with E-state index in [0.717, 1.165) is 25.7 Å². The largest absolute Gasteiger partial charge is 0.396 e. The Morgan fingerprint density at radius 2 is 1.95 bits per heavy atom. The highest BCUT2D eigenvalue weighted by molar-refractivity contribution is 5.11. The molecule has 0 saturated carbocycles. The Labute approximate surface area is 123 Å². The van der Waals surface area contributed by atoms with E-state index in [2.05, 4.69) is 39.0 Å². The Kier molecular flexibility index (Phi) is 6.44. The number of unbranched alkanes of at least 4 members (excludes halogenated alkanes) is 1. The molecule has 0 radical (unpaired) electrons. The molecule has 0 bridgehead atoms. The topological polar surface area (TPSA) is 38.7 Å². The Bertz CT molecular complexity index is 353. The van der Waals surface area contributed by atoms with Crippen molar-refractivity contribution in [3.63, 3.8) is 0 Å². The lowest BCUT2D eigenvalue weighted by Crippen LogP contribution is -2.33. The molecule has 20 heavy (non-hydrogen) atoms. The van der Waals surface area contributed by atoms with Gasteiger partial charge in [-0.2, -0.15) is 0 Å². The molecule has 1 fully saturated rings. The lowest BCUT2D eigenvalue weighted by Gasteiger charge is -2.23. The number of aliphatic hydroxyl groups excluding tert-OH is 1. The Morgan fingerprint density at radius 1 is 1.25 bits per heavy atom. The minimum Gasteiger partial charge on any atom is -0.396 e. The summed E-state index contributed by atoms with van der Waals surface area (Å²) in [7, 11) is 0. The van der Waals surface area contributed by atoms with E-state index in [0.29, 0.717) is 0 Å². The van der Waals surface area contributed by atoms with Crippen molar-refractivity contribution in [2.45, 2.75) is 77.8 Å². The Morgan fingerprint density at radius 3 is 2.50 bits per heavy atom. The summed E-state index contributed by atoms with van der Waals surface area (Å²) in [6.45, 7) is 10.5. The molecule has 3 nitrogen and oxygen atoms in total. The van der Waals surface area contributed by atoms with Gasteiger partial charge in [0.1, 0.15) is 0 Å². The van der Waals surface area contributed by atoms with Crippen LogP contribution in [0, 0.1) is 0 Å². The predicted octanol–water partition coefficient (Wildman–Crippen LogP) is 3.97. The van der Waals surface area contributed by atoms with Gasteiger partial charge in [-0.3, -0.25) is 0 Å². The molecule has 1 N–H and O–H groups in total. The van der Waals surface area contributed by atoms with Crippen LogP contribution in [0.5, 0.6) is 0 Å². The predicted molar refractivity (Wildman–Crippen MR) is 82.6 cm³/mol. The Balaban J connectivity index is 2.39. The summed E-state index contributed by atoms with van der Waals surface area (Å²) < 4.78 is 11.9. The highest BCUT2D eigenvalue weighted by Gasteiger charge is 2.46. The van der Waals surface area contributed by atoms with Crippen LogP contribution in [0.25, 0.3) is 0 Å². The molecule has 1 saturated heterocycles. The van der Waals surface area contributed by atoms with Gasteiger partial charge >= 0.3 is 0 Å². The van der Waals surface area contributed by atoms with Gasteiger partial charge in [-0.1, -0.05) is 23.8 Å². The average molecular weight is 282 g/mol. The van der Waals surface area contributed by atoms with Crippen LogP contribution in [0.2, 0.25) is 0 Å². The molecule has 1 aliphatic heterocycles. The zero-order chi connectivity index (χ0) is 15.2. The second-order valence-electron chi connectivity index (χ2n) is 6.56. The van der Waals surface area contributed by atoms with E-state index in [1.165, 1.54) is 5.57 Å². The van der Waals surface area contributed by atoms with Gasteiger partial charge in [0, 0.05) is 6.61 Å². The smallest absolute Gasteiger partial charge is 0.164 e. The summed E-state index contributed by atoms with van der Waals surface area (Å²) in [4.78, 5) is 0. The van der Waals surface area contributed by atoms with Gasteiger partial charge in [0.2, 0.25) is 0 Å². The van der Waals surface area contributed by atoms with E-state index in [9.17, 15) is 0 Å². The maximum Gasteiger partial charge on any atom is 0.164 e. The van der Waals surface area contributed by atoms with E-state index in [1.807, 2.05) is 13.8 Å². The summed E-state index contributed by atoms with van der Waals surface area (Å²) in [6, 6.07) is 0. The first-order chi connectivity index (χ1) is 9.27. The van der Waals surface area contributed by atoms with Crippen LogP contribution in [-0.4, -0.2) is 29.2 Å². The van der Waals surface area contributed by atoms with Gasteiger partial charge in [0.15, 0.2) is 5.79 Å². The quantitative estimate of drug-likeness (QED) is 0.567. The first-order valence-electron chi connectivity index (χ1n) is 7.58. The van der Waals surface area contributed by atoms with Crippen molar-refractivity contribution in [2.24, 2.45) is 0 Å². The minimum absolute atomic E-state index is 0.138. The van der Waals surface area contributed by atoms with Gasteiger partial charge in [-0.05, 0) is 60.3 Å². The van der Waals surface area contributed by atoms with Crippen molar-refractivity contribution < 1.29 is 14.6 Å². The van der Waals surface area contributed by atoms with Crippen molar-refractivity contribution in [1.29, 1.82) is 0 Å². The third-order valence-electron chi connectivity index (χ3n) is 3.56. The summed E-state index contributed by atoms with van der Waals surface area (Å²) >= 11 is 0. The van der Waals surface area contributed by atoms with E-state index in [4.69, 9.17) is 14.6 Å². The van der Waals surface area contributed by atoms with Crippen LogP contribution in [0.4, 0.5) is 0 Å². The first kappa shape index (κ1) is 17.4. The summed E-state index contributed by atoms with van der Waals surface area (Å²) in [5.41, 5.74) is 1.12. The number of hydrogen-bond donors (Lipinski definition) is 1. The van der Waals surface area contributed by atoms with Crippen molar-refractivity contribution in [3.8, 4) is 0 Å². The van der Waals surface area contributed by atoms with Gasteiger partial charge in [-0.25, -0.2) is 0 Å². The van der Waals surface area contributed by atoms with Crippen LogP contribution < -0.4 is 0 Å². The Hall–Kier alpha value is -0.640. The SMILES string of the molecule is C/C(=C\C=C\CCCO)CCC1OC(C)(C)OC1(C)C. The van der Waals surface area contributed by atoms with Crippen LogP contribution in [0.15, 0.2) is 23.8 Å². The molecule has 1 rings (SSSR count). The van der Waals surface area contributed by atoms with Crippen LogP contribution in [0.1, 0.15) is 60.3 Å². The maximum atomic E-state index is 8.70. The van der Waals surface area contributed by atoms with Crippen LogP contribution >= 0.6 is 0 Å². The monoisotopic (exact) mass is 282 g/mol. The fourth-order valence-electron chi connectivity index (χ4n) is 2.59. The number of allylic oxidation sites excluding steroid dienone is 4. The van der Waals surface area contributed by atoms with Crippen LogP contribution in [0.3, 0.4) is 0 Å². The first-order valence-corrected chi connectivity index (χ1v) is 7.58. The molecule has 1 aliphatic rings. The molecule has 3 heteroatoms. The van der Waals surface area contributed by atoms with Crippen molar-refractivity contribution in [1.82, 2.24) is 0 Å². The highest BCUT2D eigenvalue weighted by Crippen LogP contribution is 2.38. The molecular weight excluding hydrogens is 252 g/mol. The molecule has 0 aromatic carbocycles. The molecule has 1 heterocycles. The fourth-order valence-corrected chi connectivity index (χ4v) is 2.59. The fraction of sp³-hybridized carbons (Fsp3) is 0.765. The zero-order valence-electron chi connectivity index (χ0n) is 13.6. The molecule has 0 amide bonds. The van der Waals surface area contributed by atoms with E-state index >= 15 is 0 Å². The van der Waals surface area contributed by atoms with Gasteiger partial charge < -0.3 is 14.6 Å². The number of rotatable bonds is 7. The van der Waals surface area contributed by atoms with Gasteiger partial charge in [-0.15, -0.1) is 0 Å². The molecule has 0 spiro atoms. The highest BCUT2D eigenvalue weighted by atomic mass is 16.8. The third-order valence-corrected chi connectivity index (χ3v) is 3.56. The van der Waals surface area contributed by atoms with Crippen LogP contribution in [-0.2, 0) is 9.47 Å². The van der Waals surface area contributed by atoms with E-state index < -0.39 is 5.79 Å². The molecule has 116 valence electrons. The van der Waals surface area contributed by atoms with Gasteiger partial charge in [0.25, 0.3) is 0 Å². The third kappa shape index (κ3) is 5.78. The maximum absolute atomic E-state index is 8.70. The van der Waals surface area contributed by atoms with E-state index in [-0.39, 0.29) is 18.3 Å². The summed E-state index contributed by atoms with van der Waals surface area (Å²) in [5.74, 6) is -0.476. The second-order valence-corrected chi connectivity index (χ2v) is 6.56. The lowest BCUT2D eigenvalue weighted by atomic mass is 9.96. The molecule has 0 aromatic heterocycles. The number of hydrogen-bond acceptors (Lipinski definition) is 3. The molecule has 0 aliphatic carbocycles. The average Bonchev–Trinajstić information content (AvgIpc) is 2.54. The summed E-state index contributed by atoms with van der Waals surface area (Å²) in [6.07, 6.45) is 10.2. The normalized spacial score (nSPS) is 25.5. The molecule has 1 atom stereocenters. The molecule has 0 aromatic rings. The second kappa shape index (κ2) is 7.39. The standard InChI is InChI=1S/C17H30O3/c1-14(10-8-6-7-9-13-18)11-12-15-16(2,3)20-17(4,5)19-15/h6,8,10,15,18H,7,9,11-13H2,1-5H3/b8-6+,14-10+. The van der Waals surface area contributed by atoms with Crippen molar-refractivity contribution >= 4 is 0 Å². The minimum atomic E-state index is -0.476. The van der Waals surface area contributed by atoms with E-state index in [1.54, 1.807) is 0 Å². The van der Waals surface area contributed by atoms with Crippen molar-refractivity contribution in [2.75, 3.05) is 6.61 Å². The van der Waals surface area contributed by atoms with Crippen molar-refractivity contribution in [3.05, 3.63) is 23.8 Å².